The first-order chi connectivity index (χ1) is 17.1. The van der Waals surface area contributed by atoms with E-state index in [1.807, 2.05) is 58.0 Å². The number of ketones is 2. The minimum absolute atomic E-state index is 0.0154. The van der Waals surface area contributed by atoms with Crippen molar-refractivity contribution in [2.45, 2.75) is 73.3 Å². The molecule has 0 radical (unpaired) electrons. The monoisotopic (exact) mass is 488 g/mol. The number of rotatable bonds is 11. The van der Waals surface area contributed by atoms with Gasteiger partial charge in [0.15, 0.2) is 5.78 Å². The fourth-order valence-electron chi connectivity index (χ4n) is 4.38. The van der Waals surface area contributed by atoms with Gasteiger partial charge in [-0.3, -0.25) is 14.4 Å². The molecule has 0 spiro atoms. The van der Waals surface area contributed by atoms with Crippen LogP contribution in [-0.2, 0) is 33.6 Å². The van der Waals surface area contributed by atoms with Crippen molar-refractivity contribution in [3.8, 4) is 0 Å². The minimum Gasteiger partial charge on any atom is -0.346 e. The maximum Gasteiger partial charge on any atom is 0.225 e. The van der Waals surface area contributed by atoms with Crippen molar-refractivity contribution in [3.63, 3.8) is 0 Å². The van der Waals surface area contributed by atoms with Gasteiger partial charge in [-0.1, -0.05) is 39.8 Å². The summed E-state index contributed by atoms with van der Waals surface area (Å²) in [6.45, 7) is 11.3. The molecule has 0 bridgehead atoms. The molecule has 7 nitrogen and oxygen atoms in total. The van der Waals surface area contributed by atoms with Crippen molar-refractivity contribution >= 4 is 39.9 Å². The highest BCUT2D eigenvalue weighted by molar-refractivity contribution is 5.94. The smallest absolute Gasteiger partial charge is 0.225 e. The summed E-state index contributed by atoms with van der Waals surface area (Å²) in [6.07, 6.45) is 3.19. The number of aryl methyl sites for hydroxylation is 2. The number of carbonyl (C=O) groups excluding carboxylic acids is 3. The van der Waals surface area contributed by atoms with Crippen molar-refractivity contribution in [2.75, 3.05) is 5.32 Å². The van der Waals surface area contributed by atoms with E-state index in [1.165, 1.54) is 6.33 Å². The van der Waals surface area contributed by atoms with Gasteiger partial charge in [0.2, 0.25) is 5.91 Å². The fourth-order valence-corrected chi connectivity index (χ4v) is 4.38. The number of fused-ring (bicyclic) bond motifs is 1. The number of Topliss-reactive ketones (excluding diaryl/α,β-unsaturated/α-hetero) is 2. The van der Waals surface area contributed by atoms with Crippen LogP contribution >= 0.6 is 0 Å². The number of aromatic nitrogens is 2. The van der Waals surface area contributed by atoms with Gasteiger partial charge in [0.1, 0.15) is 17.9 Å². The minimum atomic E-state index is -0.498. The third-order valence-electron chi connectivity index (χ3n) is 6.32. The molecule has 0 unspecified atom stereocenters. The highest BCUT2D eigenvalue weighted by Crippen LogP contribution is 2.29. The Kier molecular flexibility index (Phi) is 8.91. The number of nitrogens with one attached hydrogen (secondary N) is 2. The zero-order valence-corrected chi connectivity index (χ0v) is 22.1. The van der Waals surface area contributed by atoms with Crippen LogP contribution in [0.15, 0.2) is 36.7 Å². The van der Waals surface area contributed by atoms with E-state index in [1.54, 1.807) is 6.92 Å². The molecule has 0 aliphatic rings. The van der Waals surface area contributed by atoms with Crippen molar-refractivity contribution in [3.05, 3.63) is 58.9 Å². The lowest BCUT2D eigenvalue weighted by Crippen LogP contribution is -2.44. The Morgan fingerprint density at radius 1 is 0.944 bits per heavy atom. The predicted molar refractivity (Wildman–Crippen MR) is 144 cm³/mol. The molecule has 7 heteroatoms. The molecule has 36 heavy (non-hydrogen) atoms. The lowest BCUT2D eigenvalue weighted by molar-refractivity contribution is -0.128. The summed E-state index contributed by atoms with van der Waals surface area (Å²) in [5.74, 6) is 0.554. The topological polar surface area (TPSA) is 101 Å². The van der Waals surface area contributed by atoms with Crippen LogP contribution in [-0.4, -0.2) is 33.5 Å². The summed E-state index contributed by atoms with van der Waals surface area (Å²) in [4.78, 5) is 46.0. The molecule has 1 amide bonds. The van der Waals surface area contributed by atoms with Crippen LogP contribution in [0.3, 0.4) is 0 Å². The molecule has 3 rings (SSSR count). The summed E-state index contributed by atoms with van der Waals surface area (Å²) in [5.41, 5.74) is 5.45. The van der Waals surface area contributed by atoms with Gasteiger partial charge < -0.3 is 10.6 Å². The fraction of sp³-hybridized carbons (Fsp3) is 0.414. The molecule has 3 aromatic rings. The molecule has 0 saturated heterocycles. The summed E-state index contributed by atoms with van der Waals surface area (Å²) >= 11 is 0. The number of anilines is 2. The third-order valence-corrected chi connectivity index (χ3v) is 6.32. The highest BCUT2D eigenvalue weighted by Gasteiger charge is 2.23. The number of amides is 1. The molecule has 1 heterocycles. The zero-order valence-electron chi connectivity index (χ0n) is 22.1. The molecule has 2 aromatic carbocycles. The second-order valence-corrected chi connectivity index (χ2v) is 9.66. The van der Waals surface area contributed by atoms with E-state index in [0.717, 1.165) is 45.3 Å². The van der Waals surface area contributed by atoms with E-state index in [-0.39, 0.29) is 29.8 Å². The molecule has 0 aliphatic heterocycles. The molecule has 2 N–H and O–H groups in total. The molecule has 0 fully saturated rings. The van der Waals surface area contributed by atoms with Gasteiger partial charge in [-0.2, -0.15) is 0 Å². The van der Waals surface area contributed by atoms with Crippen LogP contribution in [0.4, 0.5) is 11.5 Å². The molecule has 1 aromatic heterocycles. The molecule has 0 aliphatic carbocycles. The largest absolute Gasteiger partial charge is 0.346 e. The summed E-state index contributed by atoms with van der Waals surface area (Å²) in [6, 6.07) is 9.36. The molecular formula is C29H36N4O3. The second kappa shape index (κ2) is 11.9. The van der Waals surface area contributed by atoms with E-state index in [4.69, 9.17) is 0 Å². The predicted octanol–water partition coefficient (Wildman–Crippen LogP) is 5.04. The van der Waals surface area contributed by atoms with E-state index in [2.05, 4.69) is 27.5 Å². The third kappa shape index (κ3) is 6.53. The summed E-state index contributed by atoms with van der Waals surface area (Å²) in [7, 11) is 0. The number of nitrogens with zero attached hydrogens (tertiary/aromatic N) is 2. The lowest BCUT2D eigenvalue weighted by atomic mass is 9.97. The number of hydrogen-bond donors (Lipinski definition) is 2. The maximum absolute atomic E-state index is 12.9. The zero-order chi connectivity index (χ0) is 26.4. The Morgan fingerprint density at radius 3 is 2.33 bits per heavy atom. The first-order valence-corrected chi connectivity index (χ1v) is 12.6. The van der Waals surface area contributed by atoms with Crippen LogP contribution in [0, 0.1) is 12.8 Å². The van der Waals surface area contributed by atoms with Crippen LogP contribution < -0.4 is 10.6 Å². The Labute approximate surface area is 213 Å². The Morgan fingerprint density at radius 2 is 1.69 bits per heavy atom. The number of hydrogen-bond acceptors (Lipinski definition) is 6. The van der Waals surface area contributed by atoms with Gasteiger partial charge in [0.25, 0.3) is 0 Å². The Bertz CT molecular complexity index is 1280. The van der Waals surface area contributed by atoms with E-state index in [0.29, 0.717) is 18.7 Å². The molecule has 1 atom stereocenters. The van der Waals surface area contributed by atoms with Crippen molar-refractivity contribution in [1.82, 2.24) is 15.3 Å². The van der Waals surface area contributed by atoms with Crippen molar-refractivity contribution < 1.29 is 14.4 Å². The van der Waals surface area contributed by atoms with Gasteiger partial charge >= 0.3 is 0 Å². The quantitative estimate of drug-likeness (QED) is 0.392. The summed E-state index contributed by atoms with van der Waals surface area (Å²) < 4.78 is 0. The Hall–Kier alpha value is -3.61. The first kappa shape index (κ1) is 27.0. The molecule has 190 valence electrons. The molecule has 0 saturated carbocycles. The van der Waals surface area contributed by atoms with Crippen LogP contribution in [0.5, 0.6) is 0 Å². The highest BCUT2D eigenvalue weighted by atomic mass is 16.2. The van der Waals surface area contributed by atoms with E-state index < -0.39 is 6.04 Å². The van der Waals surface area contributed by atoms with Crippen LogP contribution in [0.1, 0.15) is 63.3 Å². The number of benzene rings is 2. The normalized spacial score (nSPS) is 12.0. The van der Waals surface area contributed by atoms with Gasteiger partial charge in [0, 0.05) is 23.9 Å². The van der Waals surface area contributed by atoms with E-state index in [9.17, 15) is 14.4 Å². The van der Waals surface area contributed by atoms with Gasteiger partial charge in [-0.15, -0.1) is 0 Å². The average molecular weight is 489 g/mol. The maximum atomic E-state index is 12.9. The second-order valence-electron chi connectivity index (χ2n) is 9.66. The van der Waals surface area contributed by atoms with E-state index >= 15 is 0 Å². The van der Waals surface area contributed by atoms with Crippen LogP contribution in [0.2, 0.25) is 0 Å². The summed E-state index contributed by atoms with van der Waals surface area (Å²) in [5, 5.41) is 7.14. The SMILES string of the molecule is CCC(=O)[C@H](NC(=O)Cc1ccc(C)cc1Nc1ncnc2cc(CC)c(CC(C)=O)cc12)C(C)C. The van der Waals surface area contributed by atoms with Gasteiger partial charge in [-0.05, 0) is 66.6 Å². The standard InChI is InChI=1S/C29H36N4O3/c1-7-20-14-25-23(13-22(20)12-19(6)34)29(31-16-30-25)32-24-11-18(5)9-10-21(24)15-27(36)33-28(17(3)4)26(35)8-2/h9-11,13-14,16-17,28H,7-8,12,15H2,1-6H3,(H,33,36)(H,30,31,32)/t28-/m1/s1. The number of carbonyl (C=O) groups is 3. The molecular weight excluding hydrogens is 452 g/mol. The first-order valence-electron chi connectivity index (χ1n) is 12.6. The average Bonchev–Trinajstić information content (AvgIpc) is 2.83. The van der Waals surface area contributed by atoms with Gasteiger partial charge in [0.05, 0.1) is 18.0 Å². The lowest BCUT2D eigenvalue weighted by Gasteiger charge is -2.21. The van der Waals surface area contributed by atoms with Crippen molar-refractivity contribution in [1.29, 1.82) is 0 Å². The van der Waals surface area contributed by atoms with Gasteiger partial charge in [-0.25, -0.2) is 9.97 Å². The van der Waals surface area contributed by atoms with Crippen LogP contribution in [0.25, 0.3) is 10.9 Å². The van der Waals surface area contributed by atoms with Crippen molar-refractivity contribution in [2.24, 2.45) is 5.92 Å². The Balaban J connectivity index is 1.95.